The molecule has 1 aromatic carbocycles. The number of rotatable bonds is 2. The van der Waals surface area contributed by atoms with Gasteiger partial charge in [-0.05, 0) is 18.2 Å². The Morgan fingerprint density at radius 1 is 1.39 bits per heavy atom. The number of ether oxygens (including phenoxy) is 1. The van der Waals surface area contributed by atoms with E-state index in [0.717, 1.165) is 11.3 Å². The molecule has 1 atom stereocenters. The van der Waals surface area contributed by atoms with Gasteiger partial charge in [0.15, 0.2) is 17.8 Å². The highest BCUT2D eigenvalue weighted by Gasteiger charge is 2.15. The average Bonchev–Trinajstić information content (AvgIpc) is 2.38. The van der Waals surface area contributed by atoms with Crippen LogP contribution >= 0.6 is 0 Å². The normalized spacial score (nSPS) is 20.9. The molecule has 1 unspecified atom stereocenters. The zero-order valence-corrected chi connectivity index (χ0v) is 10.3. The summed E-state index contributed by atoms with van der Waals surface area (Å²) in [6.07, 6.45) is 1.44. The molecular weight excluding hydrogens is 232 g/mol. The van der Waals surface area contributed by atoms with E-state index in [1.54, 1.807) is 25.2 Å². The fraction of sp³-hybridized carbons (Fsp3) is 0.250. The lowest BCUT2D eigenvalue weighted by atomic mass is 10.1. The number of methoxy groups -OCH3 is 1. The van der Waals surface area contributed by atoms with Crippen LogP contribution in [0, 0.1) is 0 Å². The van der Waals surface area contributed by atoms with Gasteiger partial charge in [-0.2, -0.15) is 0 Å². The Labute approximate surface area is 105 Å². The number of aromatic hydroxyl groups is 1. The van der Waals surface area contributed by atoms with E-state index < -0.39 is 6.29 Å². The smallest absolute Gasteiger partial charge is 0.161 e. The van der Waals surface area contributed by atoms with Crippen molar-refractivity contribution in [1.82, 2.24) is 10.6 Å². The second-order valence-electron chi connectivity index (χ2n) is 3.82. The summed E-state index contributed by atoms with van der Waals surface area (Å²) in [6, 6.07) is 5.09. The van der Waals surface area contributed by atoms with Crippen molar-refractivity contribution in [2.45, 2.75) is 6.29 Å². The summed E-state index contributed by atoms with van der Waals surface area (Å²) in [5.74, 6) is 1.21. The number of nitrogens with two attached hydrogens (primary N) is 1. The quantitative estimate of drug-likeness (QED) is 0.600. The number of phenols is 1. The highest BCUT2D eigenvalue weighted by atomic mass is 16.5. The molecule has 5 N–H and O–H groups in total. The number of aliphatic imine (C=N–C) groups is 1. The monoisotopic (exact) mass is 248 g/mol. The molecule has 0 spiro atoms. The number of nitrogens with zero attached hydrogens (tertiary/aromatic N) is 1. The van der Waals surface area contributed by atoms with Gasteiger partial charge in [-0.3, -0.25) is 10.7 Å². The summed E-state index contributed by atoms with van der Waals surface area (Å²) in [7, 11) is 3.19. The molecule has 1 aromatic rings. The average molecular weight is 248 g/mol. The lowest BCUT2D eigenvalue weighted by molar-refractivity contribution is 0.373. The number of phenolic OH excluding ortho intramolecular Hbond substituents is 1. The first-order chi connectivity index (χ1) is 8.63. The third-order valence-corrected chi connectivity index (χ3v) is 2.63. The van der Waals surface area contributed by atoms with Crippen molar-refractivity contribution in [3.63, 3.8) is 0 Å². The van der Waals surface area contributed by atoms with Crippen LogP contribution in [0.2, 0.25) is 0 Å². The van der Waals surface area contributed by atoms with Gasteiger partial charge in [-0.25, -0.2) is 0 Å². The molecule has 0 radical (unpaired) electrons. The van der Waals surface area contributed by atoms with Crippen LogP contribution in [-0.2, 0) is 0 Å². The zero-order chi connectivity index (χ0) is 13.1. The maximum absolute atomic E-state index is 9.56. The molecule has 2 rings (SSSR count). The molecule has 6 nitrogen and oxygen atoms in total. The predicted molar refractivity (Wildman–Crippen MR) is 70.2 cm³/mol. The molecule has 1 aliphatic heterocycles. The fourth-order valence-electron chi connectivity index (χ4n) is 1.72. The lowest BCUT2D eigenvalue weighted by Crippen LogP contribution is -2.53. The van der Waals surface area contributed by atoms with Crippen molar-refractivity contribution in [1.29, 1.82) is 0 Å². The van der Waals surface area contributed by atoms with E-state index in [4.69, 9.17) is 10.5 Å². The van der Waals surface area contributed by atoms with E-state index in [0.29, 0.717) is 11.6 Å². The molecule has 1 aliphatic rings. The van der Waals surface area contributed by atoms with Crippen molar-refractivity contribution < 1.29 is 9.84 Å². The van der Waals surface area contributed by atoms with Gasteiger partial charge in [0.05, 0.1) is 7.11 Å². The van der Waals surface area contributed by atoms with E-state index in [2.05, 4.69) is 15.6 Å². The van der Waals surface area contributed by atoms with Crippen molar-refractivity contribution in [3.8, 4) is 11.5 Å². The Morgan fingerprint density at radius 3 is 2.83 bits per heavy atom. The van der Waals surface area contributed by atoms with Crippen LogP contribution in [0.4, 0.5) is 0 Å². The Kier molecular flexibility index (Phi) is 3.38. The molecule has 0 bridgehead atoms. The minimum atomic E-state index is -0.400. The largest absolute Gasteiger partial charge is 0.504 e. The van der Waals surface area contributed by atoms with Crippen LogP contribution < -0.4 is 21.1 Å². The van der Waals surface area contributed by atoms with Gasteiger partial charge < -0.3 is 20.5 Å². The van der Waals surface area contributed by atoms with Crippen molar-refractivity contribution in [2.75, 3.05) is 14.2 Å². The zero-order valence-electron chi connectivity index (χ0n) is 10.3. The predicted octanol–water partition coefficient (Wildman–Crippen LogP) is 0.205. The Morgan fingerprint density at radius 2 is 2.17 bits per heavy atom. The van der Waals surface area contributed by atoms with E-state index in [1.165, 1.54) is 7.11 Å². The molecule has 0 saturated heterocycles. The van der Waals surface area contributed by atoms with Gasteiger partial charge in [-0.1, -0.05) is 0 Å². The van der Waals surface area contributed by atoms with Gasteiger partial charge in [0.1, 0.15) is 5.84 Å². The molecule has 0 aromatic heterocycles. The van der Waals surface area contributed by atoms with Crippen LogP contribution in [-0.4, -0.2) is 31.4 Å². The first kappa shape index (κ1) is 12.3. The van der Waals surface area contributed by atoms with Crippen molar-refractivity contribution in [3.05, 3.63) is 29.8 Å². The number of hydrogen-bond donors (Lipinski definition) is 4. The number of hydrogen-bond acceptors (Lipinski definition) is 5. The van der Waals surface area contributed by atoms with Crippen LogP contribution in [0.1, 0.15) is 5.56 Å². The molecule has 0 saturated carbocycles. The van der Waals surface area contributed by atoms with Crippen molar-refractivity contribution in [2.24, 2.45) is 10.7 Å². The van der Waals surface area contributed by atoms with Gasteiger partial charge >= 0.3 is 0 Å². The minimum Gasteiger partial charge on any atom is -0.504 e. The van der Waals surface area contributed by atoms with Crippen molar-refractivity contribution >= 4 is 11.5 Å². The highest BCUT2D eigenvalue weighted by Crippen LogP contribution is 2.28. The van der Waals surface area contributed by atoms with Gasteiger partial charge in [0.2, 0.25) is 0 Å². The summed E-state index contributed by atoms with van der Waals surface area (Å²) in [4.78, 5) is 4.06. The Balaban J connectivity index is 2.39. The summed E-state index contributed by atoms with van der Waals surface area (Å²) >= 11 is 0. The van der Waals surface area contributed by atoms with E-state index >= 15 is 0 Å². The standard InChI is InChI=1S/C12H16N4O2/c1-14-11-6-8(15-12(13)16-11)7-3-4-9(17)10(5-7)18-2/h3-6,12,15,17H,13H2,1-2H3,(H,14,16). The molecule has 96 valence electrons. The first-order valence-electron chi connectivity index (χ1n) is 5.48. The van der Waals surface area contributed by atoms with E-state index in [-0.39, 0.29) is 5.75 Å². The fourth-order valence-corrected chi connectivity index (χ4v) is 1.72. The summed E-state index contributed by atoms with van der Waals surface area (Å²) < 4.78 is 5.07. The summed E-state index contributed by atoms with van der Waals surface area (Å²) in [5, 5.41) is 15.6. The molecular formula is C12H16N4O2. The maximum atomic E-state index is 9.56. The van der Waals surface area contributed by atoms with Crippen LogP contribution in [0.5, 0.6) is 11.5 Å². The second kappa shape index (κ2) is 4.97. The Hall–Kier alpha value is -2.21. The molecule has 0 fully saturated rings. The molecule has 1 heterocycles. The van der Waals surface area contributed by atoms with Crippen LogP contribution in [0.15, 0.2) is 29.3 Å². The molecule has 0 amide bonds. The van der Waals surface area contributed by atoms with Crippen LogP contribution in [0.3, 0.4) is 0 Å². The van der Waals surface area contributed by atoms with E-state index in [9.17, 15) is 5.11 Å². The van der Waals surface area contributed by atoms with Gasteiger partial charge in [0.25, 0.3) is 0 Å². The number of nitrogens with one attached hydrogen (secondary N) is 2. The summed E-state index contributed by atoms with van der Waals surface area (Å²) in [5.41, 5.74) is 7.49. The SMILES string of the molecule is CN=C1C=C(c2ccc(O)c(OC)c2)NC(N)N1. The van der Waals surface area contributed by atoms with E-state index in [1.807, 2.05) is 6.08 Å². The van der Waals surface area contributed by atoms with Crippen LogP contribution in [0.25, 0.3) is 5.70 Å². The minimum absolute atomic E-state index is 0.101. The third-order valence-electron chi connectivity index (χ3n) is 2.63. The van der Waals surface area contributed by atoms with Gasteiger partial charge in [-0.15, -0.1) is 0 Å². The number of benzene rings is 1. The topological polar surface area (TPSA) is 91.9 Å². The molecule has 0 aliphatic carbocycles. The first-order valence-corrected chi connectivity index (χ1v) is 5.48. The second-order valence-corrected chi connectivity index (χ2v) is 3.82. The summed E-state index contributed by atoms with van der Waals surface area (Å²) in [6.45, 7) is 0. The lowest BCUT2D eigenvalue weighted by Gasteiger charge is -2.25. The number of amidine groups is 1. The molecule has 18 heavy (non-hydrogen) atoms. The third kappa shape index (κ3) is 2.38. The Bertz CT molecular complexity index is 511. The van der Waals surface area contributed by atoms with Gasteiger partial charge in [0, 0.05) is 24.4 Å². The maximum Gasteiger partial charge on any atom is 0.161 e. The highest BCUT2D eigenvalue weighted by molar-refractivity contribution is 6.00. The molecule has 6 heteroatoms.